The van der Waals surface area contributed by atoms with Crippen molar-refractivity contribution in [1.82, 2.24) is 20.8 Å². The summed E-state index contributed by atoms with van der Waals surface area (Å²) < 4.78 is 41.0. The van der Waals surface area contributed by atoms with E-state index in [4.69, 9.17) is 0 Å². The molecule has 0 spiro atoms. The van der Waals surface area contributed by atoms with Gasteiger partial charge in [0, 0.05) is 24.0 Å². The number of aromatic amines is 1. The second-order valence-electron chi connectivity index (χ2n) is 6.24. The zero-order valence-electron chi connectivity index (χ0n) is 12.5. The van der Waals surface area contributed by atoms with Gasteiger partial charge in [-0.3, -0.25) is 9.89 Å². The largest absolute Gasteiger partial charge is 0.573 e. The van der Waals surface area contributed by atoms with Gasteiger partial charge in [0.05, 0.1) is 5.52 Å². The van der Waals surface area contributed by atoms with Gasteiger partial charge in [-0.05, 0) is 37.0 Å². The van der Waals surface area contributed by atoms with Crippen LogP contribution in [0.25, 0.3) is 10.9 Å². The second-order valence-corrected chi connectivity index (χ2v) is 6.24. The summed E-state index contributed by atoms with van der Waals surface area (Å²) in [6.45, 7) is 0.875. The lowest BCUT2D eigenvalue weighted by Crippen LogP contribution is -2.44. The number of alkyl halides is 3. The molecular weight excluding hydrogens is 325 g/mol. The first-order valence-electron chi connectivity index (χ1n) is 7.67. The molecule has 1 aliphatic heterocycles. The van der Waals surface area contributed by atoms with E-state index in [1.165, 1.54) is 18.2 Å². The fourth-order valence-corrected chi connectivity index (χ4v) is 3.61. The van der Waals surface area contributed by atoms with Gasteiger partial charge >= 0.3 is 6.36 Å². The molecule has 1 aromatic carbocycles. The van der Waals surface area contributed by atoms with E-state index in [9.17, 15) is 18.0 Å². The first-order valence-corrected chi connectivity index (χ1v) is 7.67. The molecule has 1 saturated heterocycles. The number of halogens is 3. The molecule has 1 saturated carbocycles. The summed E-state index contributed by atoms with van der Waals surface area (Å²) in [5.41, 5.74) is 0.553. The summed E-state index contributed by atoms with van der Waals surface area (Å²) in [5, 5.41) is 13.2. The molecule has 0 radical (unpaired) electrons. The zero-order valence-corrected chi connectivity index (χ0v) is 12.5. The maximum absolute atomic E-state index is 12.5. The predicted molar refractivity (Wildman–Crippen MR) is 78.5 cm³/mol. The highest BCUT2D eigenvalue weighted by atomic mass is 19.4. The third kappa shape index (κ3) is 2.79. The van der Waals surface area contributed by atoms with E-state index in [0.717, 1.165) is 19.4 Å². The molecule has 1 amide bonds. The fourth-order valence-electron chi connectivity index (χ4n) is 3.61. The first-order chi connectivity index (χ1) is 11.4. The maximum atomic E-state index is 12.5. The van der Waals surface area contributed by atoms with Crippen LogP contribution in [0.15, 0.2) is 18.2 Å². The SMILES string of the molecule is O=C(NC1CC2CC1CN2)c1n[nH]c2ccc(OC(F)(F)F)cc12. The van der Waals surface area contributed by atoms with Crippen LogP contribution in [0.1, 0.15) is 23.3 Å². The van der Waals surface area contributed by atoms with Crippen molar-refractivity contribution < 1.29 is 22.7 Å². The van der Waals surface area contributed by atoms with Crippen LogP contribution in [0.5, 0.6) is 5.75 Å². The number of fused-ring (bicyclic) bond motifs is 3. The fraction of sp³-hybridized carbons (Fsp3) is 0.467. The van der Waals surface area contributed by atoms with Crippen LogP contribution in [-0.2, 0) is 0 Å². The van der Waals surface area contributed by atoms with Crippen molar-refractivity contribution in [3.63, 3.8) is 0 Å². The topological polar surface area (TPSA) is 79.0 Å². The summed E-state index contributed by atoms with van der Waals surface area (Å²) in [4.78, 5) is 12.5. The van der Waals surface area contributed by atoms with E-state index in [1.54, 1.807) is 0 Å². The number of rotatable bonds is 3. The Morgan fingerprint density at radius 1 is 1.33 bits per heavy atom. The van der Waals surface area contributed by atoms with Crippen molar-refractivity contribution >= 4 is 16.8 Å². The molecule has 6 nitrogen and oxygen atoms in total. The van der Waals surface area contributed by atoms with Crippen LogP contribution in [-0.4, -0.2) is 41.1 Å². The van der Waals surface area contributed by atoms with Gasteiger partial charge in [0.15, 0.2) is 5.69 Å². The summed E-state index contributed by atoms with van der Waals surface area (Å²) in [6, 6.07) is 4.26. The molecule has 3 atom stereocenters. The number of carbonyl (C=O) groups excluding carboxylic acids is 1. The minimum atomic E-state index is -4.78. The Bertz CT molecular complexity index is 789. The minimum absolute atomic E-state index is 0.0742. The van der Waals surface area contributed by atoms with Gasteiger partial charge in [-0.2, -0.15) is 5.10 Å². The van der Waals surface area contributed by atoms with E-state index in [2.05, 4.69) is 25.6 Å². The molecule has 9 heteroatoms. The zero-order chi connectivity index (χ0) is 16.9. The number of H-pyrrole nitrogens is 1. The molecule has 2 aliphatic rings. The maximum Gasteiger partial charge on any atom is 0.573 e. The number of nitrogens with one attached hydrogen (secondary N) is 3. The highest BCUT2D eigenvalue weighted by Crippen LogP contribution is 2.32. The lowest BCUT2D eigenvalue weighted by molar-refractivity contribution is -0.274. The van der Waals surface area contributed by atoms with Crippen LogP contribution in [0.4, 0.5) is 13.2 Å². The predicted octanol–water partition coefficient (Wildman–Crippen LogP) is 1.94. The highest BCUT2D eigenvalue weighted by molar-refractivity contribution is 6.05. The minimum Gasteiger partial charge on any atom is -0.406 e. The first kappa shape index (κ1) is 15.3. The molecule has 24 heavy (non-hydrogen) atoms. The summed E-state index contributed by atoms with van der Waals surface area (Å²) in [7, 11) is 0. The lowest BCUT2D eigenvalue weighted by Gasteiger charge is -2.23. The number of hydrogen-bond acceptors (Lipinski definition) is 4. The molecule has 2 fully saturated rings. The molecule has 1 aliphatic carbocycles. The Morgan fingerprint density at radius 2 is 2.17 bits per heavy atom. The highest BCUT2D eigenvalue weighted by Gasteiger charge is 2.40. The van der Waals surface area contributed by atoms with Gasteiger partial charge in [0.2, 0.25) is 0 Å². The molecule has 3 N–H and O–H groups in total. The Balaban J connectivity index is 1.56. The third-order valence-corrected chi connectivity index (χ3v) is 4.66. The molecular formula is C15H15F3N4O2. The van der Waals surface area contributed by atoms with Crippen molar-refractivity contribution in [2.75, 3.05) is 6.54 Å². The van der Waals surface area contributed by atoms with Crippen molar-refractivity contribution in [3.05, 3.63) is 23.9 Å². The monoisotopic (exact) mass is 340 g/mol. The normalized spacial score (nSPS) is 26.0. The van der Waals surface area contributed by atoms with Crippen LogP contribution in [0.2, 0.25) is 0 Å². The lowest BCUT2D eigenvalue weighted by atomic mass is 10.0. The Morgan fingerprint density at radius 3 is 2.83 bits per heavy atom. The molecule has 128 valence electrons. The van der Waals surface area contributed by atoms with Crippen LogP contribution in [0, 0.1) is 5.92 Å². The van der Waals surface area contributed by atoms with Gasteiger partial charge in [-0.25, -0.2) is 0 Å². The van der Waals surface area contributed by atoms with Crippen LogP contribution < -0.4 is 15.4 Å². The quantitative estimate of drug-likeness (QED) is 0.798. The second kappa shape index (κ2) is 5.37. The Hall–Kier alpha value is -2.29. The van der Waals surface area contributed by atoms with Gasteiger partial charge in [0.1, 0.15) is 5.75 Å². The van der Waals surface area contributed by atoms with E-state index in [1.807, 2.05) is 0 Å². The van der Waals surface area contributed by atoms with Gasteiger partial charge in [0.25, 0.3) is 5.91 Å². The van der Waals surface area contributed by atoms with E-state index >= 15 is 0 Å². The molecule has 2 aromatic rings. The van der Waals surface area contributed by atoms with Crippen molar-refractivity contribution in [2.45, 2.75) is 31.3 Å². The van der Waals surface area contributed by atoms with Crippen molar-refractivity contribution in [2.24, 2.45) is 5.92 Å². The van der Waals surface area contributed by atoms with Crippen LogP contribution >= 0.6 is 0 Å². The number of ether oxygens (including phenoxy) is 1. The molecule has 1 aromatic heterocycles. The number of carbonyl (C=O) groups is 1. The van der Waals surface area contributed by atoms with Crippen molar-refractivity contribution in [3.8, 4) is 5.75 Å². The molecule has 4 rings (SSSR count). The average molecular weight is 340 g/mol. The van der Waals surface area contributed by atoms with Gasteiger partial charge in [-0.1, -0.05) is 0 Å². The van der Waals surface area contributed by atoms with Crippen molar-refractivity contribution in [1.29, 1.82) is 0 Å². The van der Waals surface area contributed by atoms with E-state index in [0.29, 0.717) is 22.9 Å². The standard InChI is InChI=1S/C15H15F3N4O2/c16-15(17,18)24-9-1-2-11-10(5-9)13(22-21-11)14(23)20-12-4-8-3-7(12)6-19-8/h1-2,5,7-8,12,19H,3-4,6H2,(H,20,23)(H,21,22). The summed E-state index contributed by atoms with van der Waals surface area (Å²) in [5.74, 6) is -0.370. The average Bonchev–Trinajstić information content (AvgIpc) is 3.19. The molecule has 2 bridgehead atoms. The van der Waals surface area contributed by atoms with E-state index in [-0.39, 0.29) is 23.4 Å². The van der Waals surface area contributed by atoms with Gasteiger partial charge < -0.3 is 15.4 Å². The number of benzene rings is 1. The summed E-state index contributed by atoms with van der Waals surface area (Å²) >= 11 is 0. The number of piperidine rings is 1. The number of aromatic nitrogens is 2. The Labute approximate surface area is 134 Å². The summed E-state index contributed by atoms with van der Waals surface area (Å²) in [6.07, 6.45) is -2.88. The van der Waals surface area contributed by atoms with E-state index < -0.39 is 6.36 Å². The van der Waals surface area contributed by atoms with Crippen LogP contribution in [0.3, 0.4) is 0 Å². The number of amides is 1. The van der Waals surface area contributed by atoms with Gasteiger partial charge in [-0.15, -0.1) is 13.2 Å². The Kier molecular flexibility index (Phi) is 3.41. The third-order valence-electron chi connectivity index (χ3n) is 4.66. The number of hydrogen-bond donors (Lipinski definition) is 3. The smallest absolute Gasteiger partial charge is 0.406 e. The number of nitrogens with zero attached hydrogens (tertiary/aromatic N) is 1. The molecule has 3 unspecified atom stereocenters. The molecule has 2 heterocycles.